The Bertz CT molecular complexity index is 887. The van der Waals surface area contributed by atoms with E-state index in [0.29, 0.717) is 17.9 Å². The fraction of sp³-hybridized carbons (Fsp3) is 0.263. The van der Waals surface area contributed by atoms with Crippen LogP contribution < -0.4 is 10.2 Å². The molecule has 4 rings (SSSR count). The number of carbonyl (C=O) groups excluding carboxylic acids is 1. The topological polar surface area (TPSA) is 75.9 Å². The smallest absolute Gasteiger partial charge is 0.251 e. The number of anilines is 1. The summed E-state index contributed by atoms with van der Waals surface area (Å²) in [6, 6.07) is 7.44. The Hall–Kier alpha value is -3.22. The van der Waals surface area contributed by atoms with Gasteiger partial charge in [0.05, 0.1) is 0 Å². The van der Waals surface area contributed by atoms with Crippen molar-refractivity contribution in [1.82, 2.24) is 24.8 Å². The van der Waals surface area contributed by atoms with Crippen molar-refractivity contribution < 1.29 is 4.79 Å². The Labute approximate surface area is 151 Å². The molecular formula is C19H20N6O. The van der Waals surface area contributed by atoms with E-state index in [1.807, 2.05) is 6.07 Å². The van der Waals surface area contributed by atoms with Crippen LogP contribution in [-0.4, -0.2) is 38.5 Å². The molecule has 0 unspecified atom stereocenters. The van der Waals surface area contributed by atoms with Gasteiger partial charge in [0, 0.05) is 50.0 Å². The van der Waals surface area contributed by atoms with Gasteiger partial charge in [-0.15, -0.1) is 0 Å². The molecule has 132 valence electrons. The third-order valence-electron chi connectivity index (χ3n) is 4.47. The summed E-state index contributed by atoms with van der Waals surface area (Å²) in [5.41, 5.74) is 1.61. The van der Waals surface area contributed by atoms with Gasteiger partial charge in [0.2, 0.25) is 0 Å². The van der Waals surface area contributed by atoms with Crippen molar-refractivity contribution in [3.63, 3.8) is 0 Å². The molecule has 0 saturated carbocycles. The number of nitrogens with zero attached hydrogens (tertiary/aromatic N) is 5. The molecule has 3 aromatic heterocycles. The second-order valence-electron chi connectivity index (χ2n) is 6.27. The minimum absolute atomic E-state index is 0.131. The lowest BCUT2D eigenvalue weighted by molar-refractivity contribution is 0.0950. The summed E-state index contributed by atoms with van der Waals surface area (Å²) >= 11 is 0. The zero-order valence-corrected chi connectivity index (χ0v) is 14.4. The molecule has 26 heavy (non-hydrogen) atoms. The quantitative estimate of drug-likeness (QED) is 0.765. The van der Waals surface area contributed by atoms with Gasteiger partial charge in [-0.2, -0.15) is 0 Å². The molecule has 1 amide bonds. The van der Waals surface area contributed by atoms with E-state index in [1.165, 1.54) is 12.8 Å². The number of hydrogen-bond acceptors (Lipinski definition) is 5. The average Bonchev–Trinajstić information content (AvgIpc) is 3.40. The van der Waals surface area contributed by atoms with Crippen molar-refractivity contribution >= 4 is 11.7 Å². The van der Waals surface area contributed by atoms with Gasteiger partial charge in [0.15, 0.2) is 0 Å². The molecule has 4 heterocycles. The Morgan fingerprint density at radius 2 is 1.85 bits per heavy atom. The van der Waals surface area contributed by atoms with Gasteiger partial charge in [-0.3, -0.25) is 9.36 Å². The summed E-state index contributed by atoms with van der Waals surface area (Å²) in [6.07, 6.45) is 11.0. The lowest BCUT2D eigenvalue weighted by Gasteiger charge is -2.17. The molecule has 1 N–H and O–H groups in total. The molecule has 7 heteroatoms. The molecule has 0 radical (unpaired) electrons. The van der Waals surface area contributed by atoms with E-state index < -0.39 is 0 Å². The number of imidazole rings is 1. The van der Waals surface area contributed by atoms with E-state index in [-0.39, 0.29) is 5.91 Å². The minimum atomic E-state index is -0.131. The van der Waals surface area contributed by atoms with Crippen molar-refractivity contribution in [2.24, 2.45) is 0 Å². The number of carbonyl (C=O) groups is 1. The van der Waals surface area contributed by atoms with Crippen molar-refractivity contribution in [1.29, 1.82) is 0 Å². The number of amides is 1. The number of rotatable bonds is 5. The van der Waals surface area contributed by atoms with E-state index in [2.05, 4.69) is 31.2 Å². The van der Waals surface area contributed by atoms with Crippen molar-refractivity contribution in [3.8, 4) is 5.82 Å². The number of hydrogen-bond donors (Lipinski definition) is 1. The highest BCUT2D eigenvalue weighted by atomic mass is 16.1. The third-order valence-corrected chi connectivity index (χ3v) is 4.47. The largest absolute Gasteiger partial charge is 0.357 e. The average molecular weight is 348 g/mol. The van der Waals surface area contributed by atoms with Crippen LogP contribution in [0.25, 0.3) is 5.82 Å². The predicted molar refractivity (Wildman–Crippen MR) is 98.2 cm³/mol. The highest BCUT2D eigenvalue weighted by molar-refractivity contribution is 5.94. The Kier molecular flexibility index (Phi) is 4.59. The van der Waals surface area contributed by atoms with E-state index >= 15 is 0 Å². The van der Waals surface area contributed by atoms with Crippen LogP contribution in [0.3, 0.4) is 0 Å². The molecular weight excluding hydrogens is 328 g/mol. The van der Waals surface area contributed by atoms with Gasteiger partial charge in [-0.25, -0.2) is 15.0 Å². The highest BCUT2D eigenvalue weighted by Gasteiger charge is 2.14. The summed E-state index contributed by atoms with van der Waals surface area (Å²) in [4.78, 5) is 27.5. The molecule has 1 aliphatic heterocycles. The molecule has 0 atom stereocenters. The fourth-order valence-corrected chi connectivity index (χ4v) is 3.07. The van der Waals surface area contributed by atoms with Gasteiger partial charge >= 0.3 is 0 Å². The fourth-order valence-electron chi connectivity index (χ4n) is 3.07. The maximum atomic E-state index is 12.5. The zero-order chi connectivity index (χ0) is 17.8. The van der Waals surface area contributed by atoms with Gasteiger partial charge in [-0.05, 0) is 42.7 Å². The molecule has 1 saturated heterocycles. The summed E-state index contributed by atoms with van der Waals surface area (Å²) in [5.74, 6) is 1.52. The molecule has 3 aromatic rings. The highest BCUT2D eigenvalue weighted by Crippen LogP contribution is 2.18. The van der Waals surface area contributed by atoms with Crippen LogP contribution in [0.1, 0.15) is 28.8 Å². The van der Waals surface area contributed by atoms with E-state index in [0.717, 1.165) is 24.5 Å². The van der Waals surface area contributed by atoms with Crippen LogP contribution in [0.5, 0.6) is 0 Å². The lowest BCUT2D eigenvalue weighted by Crippen LogP contribution is -2.24. The van der Waals surface area contributed by atoms with Crippen molar-refractivity contribution in [2.45, 2.75) is 19.4 Å². The van der Waals surface area contributed by atoms with Gasteiger partial charge in [0.1, 0.15) is 18.0 Å². The van der Waals surface area contributed by atoms with E-state index in [9.17, 15) is 4.79 Å². The van der Waals surface area contributed by atoms with Gasteiger partial charge in [-0.1, -0.05) is 0 Å². The second kappa shape index (κ2) is 7.35. The summed E-state index contributed by atoms with van der Waals surface area (Å²) < 4.78 is 1.77. The van der Waals surface area contributed by atoms with Crippen molar-refractivity contribution in [2.75, 3.05) is 18.0 Å². The predicted octanol–water partition coefficient (Wildman–Crippen LogP) is 2.19. The minimum Gasteiger partial charge on any atom is -0.357 e. The Balaban J connectivity index is 1.43. The molecule has 1 aliphatic rings. The molecule has 0 aliphatic carbocycles. The van der Waals surface area contributed by atoms with Crippen LogP contribution in [0.4, 0.5) is 5.82 Å². The number of pyridine rings is 2. The standard InChI is InChI=1S/C19H20N6O/c26-19(16-4-6-22-18(12-16)25-10-7-20-14-25)23-13-15-3-5-21-17(11-15)24-8-1-2-9-24/h3-7,10-12,14H,1-2,8-9,13H2,(H,23,26). The summed E-state index contributed by atoms with van der Waals surface area (Å²) in [7, 11) is 0. The normalized spacial score (nSPS) is 13.8. The first-order chi connectivity index (χ1) is 12.8. The monoisotopic (exact) mass is 348 g/mol. The molecule has 0 bridgehead atoms. The Morgan fingerprint density at radius 3 is 2.65 bits per heavy atom. The first-order valence-electron chi connectivity index (χ1n) is 8.72. The maximum Gasteiger partial charge on any atom is 0.251 e. The van der Waals surface area contributed by atoms with Gasteiger partial charge in [0.25, 0.3) is 5.91 Å². The molecule has 0 aromatic carbocycles. The van der Waals surface area contributed by atoms with Gasteiger partial charge < -0.3 is 10.2 Å². The van der Waals surface area contributed by atoms with Crippen LogP contribution >= 0.6 is 0 Å². The first-order valence-corrected chi connectivity index (χ1v) is 8.72. The lowest BCUT2D eigenvalue weighted by atomic mass is 10.2. The van der Waals surface area contributed by atoms with Crippen LogP contribution in [-0.2, 0) is 6.54 Å². The SMILES string of the molecule is O=C(NCc1ccnc(N2CCCC2)c1)c1ccnc(-n2ccnc2)c1. The van der Waals surface area contributed by atoms with Crippen LogP contribution in [0, 0.1) is 0 Å². The first kappa shape index (κ1) is 16.3. The maximum absolute atomic E-state index is 12.5. The number of nitrogens with one attached hydrogen (secondary N) is 1. The van der Waals surface area contributed by atoms with Crippen LogP contribution in [0.2, 0.25) is 0 Å². The number of aromatic nitrogens is 4. The third kappa shape index (κ3) is 3.56. The zero-order valence-electron chi connectivity index (χ0n) is 14.4. The molecule has 0 spiro atoms. The molecule has 7 nitrogen and oxygen atoms in total. The second-order valence-corrected chi connectivity index (χ2v) is 6.27. The Morgan fingerprint density at radius 1 is 1.04 bits per heavy atom. The van der Waals surface area contributed by atoms with E-state index in [1.54, 1.807) is 47.8 Å². The van der Waals surface area contributed by atoms with Crippen LogP contribution in [0.15, 0.2) is 55.4 Å². The molecule has 1 fully saturated rings. The summed E-state index contributed by atoms with van der Waals surface area (Å²) in [6.45, 7) is 2.57. The van der Waals surface area contributed by atoms with E-state index in [4.69, 9.17) is 0 Å². The van der Waals surface area contributed by atoms with Crippen molar-refractivity contribution in [3.05, 3.63) is 66.5 Å². The summed E-state index contributed by atoms with van der Waals surface area (Å²) in [5, 5.41) is 2.97.